The van der Waals surface area contributed by atoms with Gasteiger partial charge in [0.2, 0.25) is 12.7 Å². The molecule has 5 rings (SSSR count). The van der Waals surface area contributed by atoms with Gasteiger partial charge in [-0.1, -0.05) is 17.7 Å². The number of aryl methyl sites for hydroxylation is 2. The molecule has 2 aliphatic heterocycles. The zero-order chi connectivity index (χ0) is 22.8. The summed E-state index contributed by atoms with van der Waals surface area (Å²) < 4.78 is 10.7. The highest BCUT2D eigenvalue weighted by molar-refractivity contribution is 5.90. The fourth-order valence-electron chi connectivity index (χ4n) is 3.85. The standard InChI is InChI=1S/C24H26N6O3/c1-16-3-5-18(6-4-16)26-23-25-17(2)13-22(28-23)29-9-11-30(12-10-29)24(31)27-19-7-8-20-21(14-19)33-15-32-20/h3-8,13-14H,9-12,15H2,1-2H3,(H,27,31)(H,25,26,28). The van der Waals surface area contributed by atoms with Crippen LogP contribution in [0.15, 0.2) is 48.5 Å². The number of fused-ring (bicyclic) bond motifs is 1. The van der Waals surface area contributed by atoms with Gasteiger partial charge in [-0.3, -0.25) is 0 Å². The molecular weight excluding hydrogens is 420 g/mol. The molecule has 0 spiro atoms. The highest BCUT2D eigenvalue weighted by Crippen LogP contribution is 2.34. The number of hydrogen-bond donors (Lipinski definition) is 2. The molecule has 0 radical (unpaired) electrons. The van der Waals surface area contributed by atoms with Crippen LogP contribution in [0.1, 0.15) is 11.3 Å². The maximum absolute atomic E-state index is 12.7. The van der Waals surface area contributed by atoms with Gasteiger partial charge in [-0.15, -0.1) is 0 Å². The van der Waals surface area contributed by atoms with E-state index in [4.69, 9.17) is 14.5 Å². The molecule has 0 unspecified atom stereocenters. The molecule has 1 aromatic heterocycles. The topological polar surface area (TPSA) is 91.9 Å². The van der Waals surface area contributed by atoms with Crippen molar-refractivity contribution in [2.75, 3.05) is 48.5 Å². The lowest BCUT2D eigenvalue weighted by molar-refractivity contribution is 0.174. The van der Waals surface area contributed by atoms with Gasteiger partial charge in [0.15, 0.2) is 11.5 Å². The number of ether oxygens (including phenoxy) is 2. The first-order chi connectivity index (χ1) is 16.0. The number of hydrogen-bond acceptors (Lipinski definition) is 7. The van der Waals surface area contributed by atoms with Crippen LogP contribution in [0.3, 0.4) is 0 Å². The Kier molecular flexibility index (Phi) is 5.60. The number of piperazine rings is 1. The summed E-state index contributed by atoms with van der Waals surface area (Å²) in [5.41, 5.74) is 3.72. The molecule has 0 atom stereocenters. The molecular formula is C24H26N6O3. The van der Waals surface area contributed by atoms with Gasteiger partial charge in [-0.25, -0.2) is 9.78 Å². The summed E-state index contributed by atoms with van der Waals surface area (Å²) in [6, 6.07) is 15.4. The summed E-state index contributed by atoms with van der Waals surface area (Å²) in [7, 11) is 0. The fourth-order valence-corrected chi connectivity index (χ4v) is 3.85. The number of anilines is 4. The molecule has 33 heavy (non-hydrogen) atoms. The van der Waals surface area contributed by atoms with Gasteiger partial charge in [0.05, 0.1) is 0 Å². The van der Waals surface area contributed by atoms with Gasteiger partial charge >= 0.3 is 6.03 Å². The molecule has 170 valence electrons. The second-order valence-corrected chi connectivity index (χ2v) is 8.15. The van der Waals surface area contributed by atoms with E-state index in [0.29, 0.717) is 49.3 Å². The van der Waals surface area contributed by atoms with E-state index in [0.717, 1.165) is 17.2 Å². The number of rotatable bonds is 4. The Morgan fingerprint density at radius 1 is 0.879 bits per heavy atom. The number of nitrogens with one attached hydrogen (secondary N) is 2. The Bertz CT molecular complexity index is 1160. The van der Waals surface area contributed by atoms with Crippen molar-refractivity contribution in [3.05, 3.63) is 59.8 Å². The first kappa shape index (κ1) is 20.9. The number of carbonyl (C=O) groups excluding carboxylic acids is 1. The molecule has 0 saturated carbocycles. The van der Waals surface area contributed by atoms with Crippen LogP contribution in [0, 0.1) is 13.8 Å². The molecule has 2 N–H and O–H groups in total. The van der Waals surface area contributed by atoms with Crippen molar-refractivity contribution in [1.29, 1.82) is 0 Å². The number of amides is 2. The van der Waals surface area contributed by atoms with E-state index in [9.17, 15) is 4.79 Å². The maximum atomic E-state index is 12.7. The van der Waals surface area contributed by atoms with Crippen LogP contribution in [0.5, 0.6) is 11.5 Å². The number of carbonyl (C=O) groups is 1. The molecule has 3 heterocycles. The van der Waals surface area contributed by atoms with Crippen LogP contribution >= 0.6 is 0 Å². The van der Waals surface area contributed by atoms with Gasteiger partial charge in [0.25, 0.3) is 0 Å². The van der Waals surface area contributed by atoms with Crippen molar-refractivity contribution >= 4 is 29.2 Å². The van der Waals surface area contributed by atoms with Crippen LogP contribution in [0.2, 0.25) is 0 Å². The van der Waals surface area contributed by atoms with E-state index in [1.807, 2.05) is 43.3 Å². The predicted molar refractivity (Wildman–Crippen MR) is 127 cm³/mol. The monoisotopic (exact) mass is 446 g/mol. The average Bonchev–Trinajstić information content (AvgIpc) is 3.28. The van der Waals surface area contributed by atoms with Crippen LogP contribution in [0.25, 0.3) is 0 Å². The third-order valence-corrected chi connectivity index (χ3v) is 5.66. The van der Waals surface area contributed by atoms with Gasteiger partial charge < -0.3 is 29.9 Å². The molecule has 3 aromatic rings. The Balaban J connectivity index is 1.20. The lowest BCUT2D eigenvalue weighted by atomic mass is 10.2. The molecule has 1 fully saturated rings. The van der Waals surface area contributed by atoms with Crippen LogP contribution in [0.4, 0.5) is 27.9 Å². The zero-order valence-corrected chi connectivity index (χ0v) is 18.7. The first-order valence-corrected chi connectivity index (χ1v) is 10.9. The number of benzene rings is 2. The molecule has 0 aliphatic carbocycles. The van der Waals surface area contributed by atoms with Crippen LogP contribution in [-0.2, 0) is 0 Å². The van der Waals surface area contributed by atoms with E-state index in [-0.39, 0.29) is 12.8 Å². The Morgan fingerprint density at radius 2 is 1.61 bits per heavy atom. The highest BCUT2D eigenvalue weighted by Gasteiger charge is 2.23. The Labute approximate surface area is 192 Å². The van der Waals surface area contributed by atoms with Crippen molar-refractivity contribution in [3.63, 3.8) is 0 Å². The quantitative estimate of drug-likeness (QED) is 0.628. The van der Waals surface area contributed by atoms with Crippen molar-refractivity contribution < 1.29 is 14.3 Å². The normalized spacial score (nSPS) is 14.8. The molecule has 2 aromatic carbocycles. The van der Waals surface area contributed by atoms with E-state index in [1.54, 1.807) is 17.0 Å². The summed E-state index contributed by atoms with van der Waals surface area (Å²) in [5, 5.41) is 6.22. The lowest BCUT2D eigenvalue weighted by Gasteiger charge is -2.35. The average molecular weight is 447 g/mol. The second-order valence-electron chi connectivity index (χ2n) is 8.15. The van der Waals surface area contributed by atoms with Gasteiger partial charge in [-0.05, 0) is 38.1 Å². The third kappa shape index (κ3) is 4.77. The van der Waals surface area contributed by atoms with E-state index >= 15 is 0 Å². The van der Waals surface area contributed by atoms with Crippen molar-refractivity contribution in [2.45, 2.75) is 13.8 Å². The van der Waals surface area contributed by atoms with Crippen molar-refractivity contribution in [2.24, 2.45) is 0 Å². The smallest absolute Gasteiger partial charge is 0.321 e. The van der Waals surface area contributed by atoms with Crippen molar-refractivity contribution in [3.8, 4) is 11.5 Å². The molecule has 0 bridgehead atoms. The summed E-state index contributed by atoms with van der Waals surface area (Å²) in [5.74, 6) is 2.76. The summed E-state index contributed by atoms with van der Waals surface area (Å²) in [4.78, 5) is 25.9. The lowest BCUT2D eigenvalue weighted by Crippen LogP contribution is -2.50. The number of aromatic nitrogens is 2. The summed E-state index contributed by atoms with van der Waals surface area (Å²) >= 11 is 0. The summed E-state index contributed by atoms with van der Waals surface area (Å²) in [6.45, 7) is 6.80. The fraction of sp³-hybridized carbons (Fsp3) is 0.292. The summed E-state index contributed by atoms with van der Waals surface area (Å²) in [6.07, 6.45) is 0. The zero-order valence-electron chi connectivity index (χ0n) is 18.7. The molecule has 9 nitrogen and oxygen atoms in total. The highest BCUT2D eigenvalue weighted by atomic mass is 16.7. The molecule has 2 amide bonds. The maximum Gasteiger partial charge on any atom is 0.321 e. The van der Waals surface area contributed by atoms with Gasteiger partial charge in [0, 0.05) is 55.4 Å². The minimum Gasteiger partial charge on any atom is -0.454 e. The first-order valence-electron chi connectivity index (χ1n) is 10.9. The Morgan fingerprint density at radius 3 is 2.39 bits per heavy atom. The Hall–Kier alpha value is -4.01. The van der Waals surface area contributed by atoms with Crippen LogP contribution in [-0.4, -0.2) is 53.9 Å². The van der Waals surface area contributed by atoms with Crippen LogP contribution < -0.4 is 25.0 Å². The second kappa shape index (κ2) is 8.85. The molecule has 2 aliphatic rings. The predicted octanol–water partition coefficient (Wildman–Crippen LogP) is 3.92. The van der Waals surface area contributed by atoms with E-state index in [2.05, 4.69) is 27.4 Å². The largest absolute Gasteiger partial charge is 0.454 e. The minimum absolute atomic E-state index is 0.130. The SMILES string of the molecule is Cc1ccc(Nc2nc(C)cc(N3CCN(C(=O)Nc4ccc5c(c4)OCO5)CC3)n2)cc1. The van der Waals surface area contributed by atoms with E-state index < -0.39 is 0 Å². The van der Waals surface area contributed by atoms with Gasteiger partial charge in [-0.2, -0.15) is 4.98 Å². The minimum atomic E-state index is -0.130. The number of urea groups is 1. The number of nitrogens with zero attached hydrogens (tertiary/aromatic N) is 4. The van der Waals surface area contributed by atoms with Gasteiger partial charge in [0.1, 0.15) is 5.82 Å². The third-order valence-electron chi connectivity index (χ3n) is 5.66. The van der Waals surface area contributed by atoms with Crippen molar-refractivity contribution in [1.82, 2.24) is 14.9 Å². The molecule has 1 saturated heterocycles. The molecule has 9 heteroatoms. The van der Waals surface area contributed by atoms with E-state index in [1.165, 1.54) is 5.56 Å².